The normalized spacial score (nSPS) is 12.2. The molecule has 0 heterocycles. The van der Waals surface area contributed by atoms with Crippen LogP contribution in [0.2, 0.25) is 0 Å². The number of unbranched alkanes of at least 4 members (excludes halogenated alkanes) is 3. The summed E-state index contributed by atoms with van der Waals surface area (Å²) in [5.74, 6) is -0.137. The van der Waals surface area contributed by atoms with Crippen LogP contribution in [0.15, 0.2) is 11.1 Å². The molecule has 0 aliphatic heterocycles. The molecule has 0 N–H and O–H groups in total. The van der Waals surface area contributed by atoms with Gasteiger partial charge in [0.25, 0.3) is 0 Å². The Bertz CT molecular complexity index is 229. The second-order valence-electron chi connectivity index (χ2n) is 4.35. The third kappa shape index (κ3) is 6.65. The minimum absolute atomic E-state index is 0.137. The smallest absolute Gasteiger partial charge is 0.333 e. The Morgan fingerprint density at radius 3 is 2.25 bits per heavy atom. The van der Waals surface area contributed by atoms with E-state index in [0.29, 0.717) is 6.61 Å². The van der Waals surface area contributed by atoms with Crippen molar-refractivity contribution in [3.05, 3.63) is 11.1 Å². The van der Waals surface area contributed by atoms with Gasteiger partial charge in [-0.2, -0.15) is 0 Å². The number of ether oxygens (including phenoxy) is 1. The molecule has 0 unspecified atom stereocenters. The maximum Gasteiger partial charge on any atom is 0.333 e. The van der Waals surface area contributed by atoms with Crippen molar-refractivity contribution >= 4 is 5.97 Å². The van der Waals surface area contributed by atoms with Gasteiger partial charge in [0.2, 0.25) is 0 Å². The van der Waals surface area contributed by atoms with E-state index in [1.54, 1.807) is 0 Å². The first-order valence-electron chi connectivity index (χ1n) is 6.46. The molecule has 0 aromatic carbocycles. The van der Waals surface area contributed by atoms with E-state index in [0.717, 1.165) is 36.8 Å². The summed E-state index contributed by atoms with van der Waals surface area (Å²) >= 11 is 0. The first-order valence-corrected chi connectivity index (χ1v) is 6.46. The van der Waals surface area contributed by atoms with Crippen LogP contribution in [0, 0.1) is 0 Å². The summed E-state index contributed by atoms with van der Waals surface area (Å²) in [4.78, 5) is 11.6. The van der Waals surface area contributed by atoms with E-state index in [-0.39, 0.29) is 5.97 Å². The Balaban J connectivity index is 3.83. The summed E-state index contributed by atoms with van der Waals surface area (Å²) in [5.41, 5.74) is 1.94. The average Bonchev–Trinajstić information content (AvgIpc) is 2.27. The molecule has 0 spiro atoms. The molecule has 2 nitrogen and oxygen atoms in total. The van der Waals surface area contributed by atoms with Gasteiger partial charge in [-0.1, -0.05) is 45.1 Å². The van der Waals surface area contributed by atoms with Gasteiger partial charge in [-0.05, 0) is 26.7 Å². The molecule has 0 aromatic rings. The number of allylic oxidation sites excluding steroid dienone is 1. The average molecular weight is 226 g/mol. The molecule has 16 heavy (non-hydrogen) atoms. The van der Waals surface area contributed by atoms with E-state index >= 15 is 0 Å². The van der Waals surface area contributed by atoms with Gasteiger partial charge >= 0.3 is 5.97 Å². The third-order valence-electron chi connectivity index (χ3n) is 2.80. The van der Waals surface area contributed by atoms with E-state index in [1.807, 2.05) is 13.8 Å². The SMILES string of the molecule is CCCCCCOC(=O)C(C)=C(C)CCC. The Labute approximate surface area is 100 Å². The lowest BCUT2D eigenvalue weighted by atomic mass is 10.1. The lowest BCUT2D eigenvalue weighted by Gasteiger charge is -2.07. The zero-order chi connectivity index (χ0) is 12.4. The molecule has 0 aliphatic rings. The van der Waals surface area contributed by atoms with Crippen LogP contribution in [0.3, 0.4) is 0 Å². The van der Waals surface area contributed by atoms with Crippen molar-refractivity contribution < 1.29 is 9.53 Å². The van der Waals surface area contributed by atoms with Crippen molar-refractivity contribution in [2.45, 2.75) is 66.2 Å². The summed E-state index contributed by atoms with van der Waals surface area (Å²) in [7, 11) is 0. The molecule has 0 atom stereocenters. The van der Waals surface area contributed by atoms with E-state index in [4.69, 9.17) is 4.74 Å². The number of rotatable bonds is 8. The van der Waals surface area contributed by atoms with Gasteiger partial charge in [-0.3, -0.25) is 0 Å². The fourth-order valence-electron chi connectivity index (χ4n) is 1.54. The zero-order valence-corrected chi connectivity index (χ0v) is 11.3. The minimum atomic E-state index is -0.137. The van der Waals surface area contributed by atoms with Gasteiger partial charge < -0.3 is 4.74 Å². The van der Waals surface area contributed by atoms with Gasteiger partial charge in [0, 0.05) is 5.57 Å². The molecule has 0 rings (SSSR count). The number of hydrogen-bond acceptors (Lipinski definition) is 2. The Hall–Kier alpha value is -0.790. The molecule has 94 valence electrons. The van der Waals surface area contributed by atoms with Gasteiger partial charge in [0.1, 0.15) is 0 Å². The number of carbonyl (C=O) groups excluding carboxylic acids is 1. The first-order chi connectivity index (χ1) is 7.63. The highest BCUT2D eigenvalue weighted by Gasteiger charge is 2.08. The number of carbonyl (C=O) groups is 1. The molecule has 0 aliphatic carbocycles. The van der Waals surface area contributed by atoms with Crippen molar-refractivity contribution in [2.24, 2.45) is 0 Å². The topological polar surface area (TPSA) is 26.3 Å². The predicted octanol–water partition coefficient (Wildman–Crippen LogP) is 4.25. The van der Waals surface area contributed by atoms with Crippen molar-refractivity contribution in [1.29, 1.82) is 0 Å². The maximum atomic E-state index is 11.6. The van der Waals surface area contributed by atoms with Gasteiger partial charge in [-0.25, -0.2) is 4.79 Å². The molecular formula is C14H26O2. The first kappa shape index (κ1) is 15.2. The van der Waals surface area contributed by atoms with Crippen molar-refractivity contribution in [3.63, 3.8) is 0 Å². The standard InChI is InChI=1S/C14H26O2/c1-5-7-8-9-11-16-14(15)13(4)12(3)10-6-2/h5-11H2,1-4H3. The highest BCUT2D eigenvalue weighted by molar-refractivity contribution is 5.88. The van der Waals surface area contributed by atoms with Gasteiger partial charge in [0.15, 0.2) is 0 Å². The van der Waals surface area contributed by atoms with Crippen LogP contribution in [-0.2, 0) is 9.53 Å². The van der Waals surface area contributed by atoms with Crippen LogP contribution >= 0.6 is 0 Å². The molecule has 0 fully saturated rings. The highest BCUT2D eigenvalue weighted by atomic mass is 16.5. The largest absolute Gasteiger partial charge is 0.462 e. The Morgan fingerprint density at radius 2 is 1.69 bits per heavy atom. The molecule has 0 saturated heterocycles. The van der Waals surface area contributed by atoms with Crippen LogP contribution < -0.4 is 0 Å². The lowest BCUT2D eigenvalue weighted by Crippen LogP contribution is -2.08. The zero-order valence-electron chi connectivity index (χ0n) is 11.3. The molecular weight excluding hydrogens is 200 g/mol. The summed E-state index contributed by atoms with van der Waals surface area (Å²) in [6.07, 6.45) is 6.63. The highest BCUT2D eigenvalue weighted by Crippen LogP contribution is 2.11. The van der Waals surface area contributed by atoms with Gasteiger partial charge in [-0.15, -0.1) is 0 Å². The minimum Gasteiger partial charge on any atom is -0.462 e. The summed E-state index contributed by atoms with van der Waals surface area (Å²) < 4.78 is 5.22. The molecule has 0 amide bonds. The van der Waals surface area contributed by atoms with E-state index < -0.39 is 0 Å². The molecule has 0 saturated carbocycles. The fraction of sp³-hybridized carbons (Fsp3) is 0.786. The van der Waals surface area contributed by atoms with Crippen LogP contribution in [-0.4, -0.2) is 12.6 Å². The number of hydrogen-bond donors (Lipinski definition) is 0. The monoisotopic (exact) mass is 226 g/mol. The van der Waals surface area contributed by atoms with Crippen LogP contribution in [0.25, 0.3) is 0 Å². The van der Waals surface area contributed by atoms with Crippen molar-refractivity contribution in [2.75, 3.05) is 6.61 Å². The van der Waals surface area contributed by atoms with Gasteiger partial charge in [0.05, 0.1) is 6.61 Å². The third-order valence-corrected chi connectivity index (χ3v) is 2.80. The maximum absolute atomic E-state index is 11.6. The van der Waals surface area contributed by atoms with Crippen molar-refractivity contribution in [1.82, 2.24) is 0 Å². The van der Waals surface area contributed by atoms with Crippen LogP contribution in [0.1, 0.15) is 66.2 Å². The van der Waals surface area contributed by atoms with E-state index in [2.05, 4.69) is 13.8 Å². The van der Waals surface area contributed by atoms with E-state index in [1.165, 1.54) is 12.8 Å². The fourth-order valence-corrected chi connectivity index (χ4v) is 1.54. The Kier molecular flexibility index (Phi) is 8.97. The lowest BCUT2D eigenvalue weighted by molar-refractivity contribution is -0.139. The summed E-state index contributed by atoms with van der Waals surface area (Å²) in [5, 5.41) is 0. The van der Waals surface area contributed by atoms with E-state index in [9.17, 15) is 4.79 Å². The predicted molar refractivity (Wildman–Crippen MR) is 68.4 cm³/mol. The molecule has 0 aromatic heterocycles. The quantitative estimate of drug-likeness (QED) is 0.351. The Morgan fingerprint density at radius 1 is 1.00 bits per heavy atom. The second kappa shape index (κ2) is 9.44. The van der Waals surface area contributed by atoms with Crippen molar-refractivity contribution in [3.8, 4) is 0 Å². The second-order valence-corrected chi connectivity index (χ2v) is 4.35. The molecule has 0 bridgehead atoms. The summed E-state index contributed by atoms with van der Waals surface area (Å²) in [6.45, 7) is 8.73. The number of esters is 1. The molecule has 2 heteroatoms. The molecule has 0 radical (unpaired) electrons. The summed E-state index contributed by atoms with van der Waals surface area (Å²) in [6, 6.07) is 0. The van der Waals surface area contributed by atoms with Crippen LogP contribution in [0.5, 0.6) is 0 Å². The van der Waals surface area contributed by atoms with Crippen LogP contribution in [0.4, 0.5) is 0 Å².